The number of carbonyl (C=O) groups excluding carboxylic acids is 1. The van der Waals surface area contributed by atoms with E-state index >= 15 is 0 Å². The van der Waals surface area contributed by atoms with Gasteiger partial charge < -0.3 is 14.8 Å². The van der Waals surface area contributed by atoms with Gasteiger partial charge in [0.2, 0.25) is 0 Å². The van der Waals surface area contributed by atoms with Crippen LogP contribution in [0.3, 0.4) is 0 Å². The number of nitrogens with one attached hydrogen (secondary N) is 1. The monoisotopic (exact) mass is 350 g/mol. The average Bonchev–Trinajstić information content (AvgIpc) is 2.95. The summed E-state index contributed by atoms with van der Waals surface area (Å²) in [5.74, 6) is -0.463. The molecule has 2 aromatic rings. The second-order valence-electron chi connectivity index (χ2n) is 6.91. The lowest BCUT2D eigenvalue weighted by Crippen LogP contribution is -2.22. The third-order valence-corrected chi connectivity index (χ3v) is 5.41. The number of hydrogen-bond donors (Lipinski definition) is 1. The highest BCUT2D eigenvalue weighted by molar-refractivity contribution is 6.76. The second-order valence-corrected chi connectivity index (χ2v) is 12.5. The van der Waals surface area contributed by atoms with Crippen molar-refractivity contribution < 1.29 is 14.3 Å². The summed E-state index contributed by atoms with van der Waals surface area (Å²) in [6.07, 6.45) is 3.33. The topological polar surface area (TPSA) is 78.3 Å². The van der Waals surface area contributed by atoms with E-state index in [4.69, 9.17) is 9.47 Å². The maximum atomic E-state index is 11.9. The number of carbonyl (C=O) groups is 1. The van der Waals surface area contributed by atoms with E-state index in [1.54, 1.807) is 17.1 Å². The Morgan fingerprint density at radius 1 is 1.33 bits per heavy atom. The van der Waals surface area contributed by atoms with Gasteiger partial charge in [-0.05, 0) is 13.1 Å². The molecule has 7 nitrogen and oxygen atoms in total. The molecular weight excluding hydrogens is 324 g/mol. The molecule has 0 aromatic carbocycles. The number of aromatic nitrogens is 3. The van der Waals surface area contributed by atoms with E-state index in [2.05, 4.69) is 35.0 Å². The summed E-state index contributed by atoms with van der Waals surface area (Å²) in [6.45, 7) is 8.66. The zero-order valence-corrected chi connectivity index (χ0v) is 16.0. The summed E-state index contributed by atoms with van der Waals surface area (Å²) in [5, 5.41) is 8.17. The van der Waals surface area contributed by atoms with Crippen molar-refractivity contribution in [2.45, 2.75) is 39.0 Å². The number of fused-ring (bicyclic) bond motifs is 1. The first-order valence-corrected chi connectivity index (χ1v) is 11.7. The van der Waals surface area contributed by atoms with Gasteiger partial charge in [-0.1, -0.05) is 19.6 Å². The van der Waals surface area contributed by atoms with Crippen molar-refractivity contribution >= 4 is 24.9 Å². The van der Waals surface area contributed by atoms with Crippen molar-refractivity contribution in [3.05, 3.63) is 23.7 Å². The Kier molecular flexibility index (Phi) is 6.08. The molecule has 0 fully saturated rings. The lowest BCUT2D eigenvalue weighted by atomic mass is 10.1. The Morgan fingerprint density at radius 3 is 2.71 bits per heavy atom. The molecule has 0 amide bonds. The number of esters is 1. The summed E-state index contributed by atoms with van der Waals surface area (Å²) < 4.78 is 12.4. The van der Waals surface area contributed by atoms with E-state index in [0.29, 0.717) is 25.3 Å². The average molecular weight is 350 g/mol. The molecule has 0 unspecified atom stereocenters. The van der Waals surface area contributed by atoms with E-state index < -0.39 is 14.0 Å². The van der Waals surface area contributed by atoms with Crippen LogP contribution in [0.25, 0.3) is 10.9 Å². The van der Waals surface area contributed by atoms with Crippen molar-refractivity contribution in [1.82, 2.24) is 20.1 Å². The molecule has 0 spiro atoms. The van der Waals surface area contributed by atoms with Gasteiger partial charge in [0.05, 0.1) is 24.2 Å². The van der Waals surface area contributed by atoms with Crippen LogP contribution in [0.1, 0.15) is 16.1 Å². The summed E-state index contributed by atoms with van der Waals surface area (Å²) in [5.41, 5.74) is 2.10. The maximum absolute atomic E-state index is 11.9. The number of hydrogen-bond acceptors (Lipinski definition) is 6. The molecule has 0 bridgehead atoms. The zero-order chi connectivity index (χ0) is 17.7. The van der Waals surface area contributed by atoms with Crippen LogP contribution in [-0.2, 0) is 22.7 Å². The van der Waals surface area contributed by atoms with Crippen molar-refractivity contribution in [2.75, 3.05) is 20.8 Å². The standard InChI is InChI=1S/C16H26N4O3Si/c1-17-8-12-9-18-14(16(21)22-2)13-10-19-20(15(12)13)11-23-6-7-24(3,4)5/h9-10,17H,6-8,11H2,1-5H3. The summed E-state index contributed by atoms with van der Waals surface area (Å²) in [6, 6.07) is 1.10. The maximum Gasteiger partial charge on any atom is 0.357 e. The molecule has 0 saturated heterocycles. The third kappa shape index (κ3) is 4.40. The van der Waals surface area contributed by atoms with Gasteiger partial charge in [0.15, 0.2) is 5.69 Å². The van der Waals surface area contributed by atoms with E-state index in [1.807, 2.05) is 7.05 Å². The molecule has 0 radical (unpaired) electrons. The van der Waals surface area contributed by atoms with Crippen LogP contribution >= 0.6 is 0 Å². The van der Waals surface area contributed by atoms with Gasteiger partial charge in [0, 0.05) is 33.0 Å². The van der Waals surface area contributed by atoms with Crippen LogP contribution in [-0.4, -0.2) is 49.6 Å². The molecule has 0 aliphatic carbocycles. The molecule has 8 heteroatoms. The molecule has 2 heterocycles. The Hall–Kier alpha value is -1.77. The molecule has 1 N–H and O–H groups in total. The highest BCUT2D eigenvalue weighted by Crippen LogP contribution is 2.22. The third-order valence-electron chi connectivity index (χ3n) is 3.70. The van der Waals surface area contributed by atoms with Gasteiger partial charge in [-0.15, -0.1) is 0 Å². The van der Waals surface area contributed by atoms with Crippen molar-refractivity contribution in [2.24, 2.45) is 0 Å². The minimum Gasteiger partial charge on any atom is -0.464 e. The molecule has 0 atom stereocenters. The van der Waals surface area contributed by atoms with Gasteiger partial charge in [-0.25, -0.2) is 14.5 Å². The van der Waals surface area contributed by atoms with Crippen LogP contribution in [0, 0.1) is 0 Å². The van der Waals surface area contributed by atoms with E-state index in [1.165, 1.54) is 7.11 Å². The summed E-state index contributed by atoms with van der Waals surface area (Å²) in [4.78, 5) is 16.1. The fraction of sp³-hybridized carbons (Fsp3) is 0.562. The molecule has 2 rings (SSSR count). The highest BCUT2D eigenvalue weighted by Gasteiger charge is 2.19. The Labute approximate surface area is 143 Å². The normalized spacial score (nSPS) is 11.9. The Balaban J connectivity index is 2.28. The van der Waals surface area contributed by atoms with Crippen LogP contribution < -0.4 is 5.32 Å². The number of methoxy groups -OCH3 is 1. The van der Waals surface area contributed by atoms with E-state index in [9.17, 15) is 4.79 Å². The summed E-state index contributed by atoms with van der Waals surface area (Å²) >= 11 is 0. The van der Waals surface area contributed by atoms with Crippen LogP contribution in [0.15, 0.2) is 12.4 Å². The minimum atomic E-state index is -1.12. The SMILES string of the molecule is CNCc1cnc(C(=O)OC)c2cnn(COCC[Si](C)(C)C)c12. The predicted molar refractivity (Wildman–Crippen MR) is 95.7 cm³/mol. The molecular formula is C16H26N4O3Si. The Bertz CT molecular complexity index is 709. The first-order valence-electron chi connectivity index (χ1n) is 8.01. The number of rotatable bonds is 8. The lowest BCUT2D eigenvalue weighted by molar-refractivity contribution is 0.0596. The van der Waals surface area contributed by atoms with Gasteiger partial charge in [0.25, 0.3) is 0 Å². The minimum absolute atomic E-state index is 0.278. The first-order chi connectivity index (χ1) is 11.4. The molecule has 2 aromatic heterocycles. The van der Waals surface area contributed by atoms with Crippen LogP contribution in [0.4, 0.5) is 0 Å². The van der Waals surface area contributed by atoms with E-state index in [0.717, 1.165) is 17.1 Å². The molecule has 0 saturated carbocycles. The number of pyridine rings is 1. The van der Waals surface area contributed by atoms with Crippen LogP contribution in [0.5, 0.6) is 0 Å². The quantitative estimate of drug-likeness (QED) is 0.447. The van der Waals surface area contributed by atoms with Crippen LogP contribution in [0.2, 0.25) is 25.7 Å². The smallest absolute Gasteiger partial charge is 0.357 e. The van der Waals surface area contributed by atoms with Gasteiger partial charge in [-0.2, -0.15) is 5.10 Å². The van der Waals surface area contributed by atoms with Gasteiger partial charge in [0.1, 0.15) is 6.73 Å². The van der Waals surface area contributed by atoms with E-state index in [-0.39, 0.29) is 5.69 Å². The van der Waals surface area contributed by atoms with Crippen molar-refractivity contribution in [1.29, 1.82) is 0 Å². The lowest BCUT2D eigenvalue weighted by Gasteiger charge is -2.16. The highest BCUT2D eigenvalue weighted by atomic mass is 28.3. The van der Waals surface area contributed by atoms with Gasteiger partial charge >= 0.3 is 5.97 Å². The van der Waals surface area contributed by atoms with Crippen molar-refractivity contribution in [3.8, 4) is 0 Å². The fourth-order valence-electron chi connectivity index (χ4n) is 2.38. The van der Waals surface area contributed by atoms with Gasteiger partial charge in [-0.3, -0.25) is 0 Å². The number of ether oxygens (including phenoxy) is 2. The first kappa shape index (κ1) is 18.6. The Morgan fingerprint density at radius 2 is 2.08 bits per heavy atom. The van der Waals surface area contributed by atoms with Crippen molar-refractivity contribution in [3.63, 3.8) is 0 Å². The zero-order valence-electron chi connectivity index (χ0n) is 15.0. The predicted octanol–water partition coefficient (Wildman–Crippen LogP) is 2.25. The summed E-state index contributed by atoms with van der Waals surface area (Å²) in [7, 11) is 2.09. The molecule has 24 heavy (non-hydrogen) atoms. The molecule has 0 aliphatic rings. The molecule has 132 valence electrons. The fourth-order valence-corrected chi connectivity index (χ4v) is 3.13. The largest absolute Gasteiger partial charge is 0.464 e. The number of nitrogens with zero attached hydrogens (tertiary/aromatic N) is 3. The molecule has 0 aliphatic heterocycles. The second kappa shape index (κ2) is 7.87.